The highest BCUT2D eigenvalue weighted by molar-refractivity contribution is 5.79. The van der Waals surface area contributed by atoms with E-state index in [2.05, 4.69) is 56.9 Å². The zero-order valence-electron chi connectivity index (χ0n) is 17.9. The molecule has 1 aliphatic rings. The fourth-order valence-corrected chi connectivity index (χ4v) is 3.51. The lowest BCUT2D eigenvalue weighted by Gasteiger charge is -2.15. The summed E-state index contributed by atoms with van der Waals surface area (Å²) in [6, 6.07) is 17.1. The monoisotopic (exact) mass is 394 g/mol. The van der Waals surface area contributed by atoms with Crippen molar-refractivity contribution in [3.63, 3.8) is 0 Å². The molecule has 0 bridgehead atoms. The van der Waals surface area contributed by atoms with Crippen molar-refractivity contribution >= 4 is 5.96 Å². The highest BCUT2D eigenvalue weighted by atomic mass is 16.5. The van der Waals surface area contributed by atoms with Gasteiger partial charge in [0.1, 0.15) is 5.75 Å². The molecule has 5 heteroatoms. The first kappa shape index (κ1) is 21.2. The Hall–Kier alpha value is -2.53. The Morgan fingerprint density at radius 3 is 1.93 bits per heavy atom. The Labute approximate surface area is 175 Å². The lowest BCUT2D eigenvalue weighted by molar-refractivity contribution is 0.242. The van der Waals surface area contributed by atoms with Gasteiger partial charge in [0.25, 0.3) is 0 Å². The molecule has 0 aromatic heterocycles. The molecule has 2 N–H and O–H groups in total. The summed E-state index contributed by atoms with van der Waals surface area (Å²) < 4.78 is 5.69. The van der Waals surface area contributed by atoms with Crippen molar-refractivity contribution < 1.29 is 4.74 Å². The maximum absolute atomic E-state index is 5.69. The molecule has 0 amide bonds. The van der Waals surface area contributed by atoms with Crippen LogP contribution in [0.15, 0.2) is 53.5 Å². The van der Waals surface area contributed by atoms with Gasteiger partial charge < -0.3 is 15.4 Å². The van der Waals surface area contributed by atoms with Crippen LogP contribution in [-0.2, 0) is 19.6 Å². The largest absolute Gasteiger partial charge is 0.491 e. The number of ether oxygens (including phenoxy) is 1. The first-order chi connectivity index (χ1) is 14.1. The van der Waals surface area contributed by atoms with E-state index in [0.717, 1.165) is 31.3 Å². The first-order valence-corrected chi connectivity index (χ1v) is 10.6. The average molecular weight is 395 g/mol. The highest BCUT2D eigenvalue weighted by Crippen LogP contribution is 2.14. The van der Waals surface area contributed by atoms with Crippen molar-refractivity contribution in [3.05, 3.63) is 65.2 Å². The SMILES string of the molecule is CN=C(NCc1ccc(CN2CCCC2)cc1)NCc1ccc(OC(C)C)cc1. The van der Waals surface area contributed by atoms with Gasteiger partial charge in [-0.05, 0) is 68.6 Å². The van der Waals surface area contributed by atoms with E-state index in [4.69, 9.17) is 4.74 Å². The van der Waals surface area contributed by atoms with Crippen LogP contribution in [0.25, 0.3) is 0 Å². The van der Waals surface area contributed by atoms with E-state index in [1.54, 1.807) is 7.05 Å². The third kappa shape index (κ3) is 7.09. The summed E-state index contributed by atoms with van der Waals surface area (Å²) in [5, 5.41) is 6.76. The summed E-state index contributed by atoms with van der Waals surface area (Å²) in [4.78, 5) is 6.85. The van der Waals surface area contributed by atoms with Gasteiger partial charge >= 0.3 is 0 Å². The molecule has 3 rings (SSSR count). The number of guanidine groups is 1. The molecule has 1 fully saturated rings. The average Bonchev–Trinajstić information content (AvgIpc) is 3.23. The molecule has 2 aromatic rings. The highest BCUT2D eigenvalue weighted by Gasteiger charge is 2.11. The van der Waals surface area contributed by atoms with E-state index in [0.29, 0.717) is 0 Å². The molecule has 0 unspecified atom stereocenters. The van der Waals surface area contributed by atoms with Crippen LogP contribution in [0.3, 0.4) is 0 Å². The summed E-state index contributed by atoms with van der Waals surface area (Å²) in [6.45, 7) is 9.08. The minimum atomic E-state index is 0.191. The Balaban J connectivity index is 1.42. The number of rotatable bonds is 8. The van der Waals surface area contributed by atoms with Crippen LogP contribution in [0.1, 0.15) is 43.4 Å². The van der Waals surface area contributed by atoms with Gasteiger partial charge in [0.15, 0.2) is 5.96 Å². The molecule has 29 heavy (non-hydrogen) atoms. The van der Waals surface area contributed by atoms with Gasteiger partial charge in [-0.3, -0.25) is 9.89 Å². The predicted octanol–water partition coefficient (Wildman–Crippen LogP) is 3.93. The maximum atomic E-state index is 5.69. The van der Waals surface area contributed by atoms with E-state index in [1.165, 1.54) is 42.6 Å². The van der Waals surface area contributed by atoms with Crippen molar-refractivity contribution in [2.45, 2.75) is 52.4 Å². The van der Waals surface area contributed by atoms with Crippen molar-refractivity contribution in [2.75, 3.05) is 20.1 Å². The van der Waals surface area contributed by atoms with Crippen LogP contribution < -0.4 is 15.4 Å². The number of hydrogen-bond acceptors (Lipinski definition) is 3. The van der Waals surface area contributed by atoms with Gasteiger partial charge in [-0.25, -0.2) is 0 Å². The lowest BCUT2D eigenvalue weighted by atomic mass is 10.1. The Bertz CT molecular complexity index is 762. The smallest absolute Gasteiger partial charge is 0.191 e. The third-order valence-electron chi connectivity index (χ3n) is 5.07. The van der Waals surface area contributed by atoms with Crippen LogP contribution in [0.5, 0.6) is 5.75 Å². The molecule has 0 aliphatic carbocycles. The molecule has 0 atom stereocenters. The number of benzene rings is 2. The molecule has 1 aliphatic heterocycles. The van der Waals surface area contributed by atoms with Crippen molar-refractivity contribution in [1.82, 2.24) is 15.5 Å². The van der Waals surface area contributed by atoms with Crippen LogP contribution in [0.2, 0.25) is 0 Å². The van der Waals surface area contributed by atoms with Crippen LogP contribution >= 0.6 is 0 Å². The van der Waals surface area contributed by atoms with E-state index in [1.807, 2.05) is 26.0 Å². The first-order valence-electron chi connectivity index (χ1n) is 10.6. The summed E-state index contributed by atoms with van der Waals surface area (Å²) >= 11 is 0. The summed E-state index contributed by atoms with van der Waals surface area (Å²) in [6.07, 6.45) is 2.87. The van der Waals surface area contributed by atoms with Gasteiger partial charge in [-0.15, -0.1) is 0 Å². The van der Waals surface area contributed by atoms with E-state index >= 15 is 0 Å². The van der Waals surface area contributed by atoms with Gasteiger partial charge in [0.05, 0.1) is 6.10 Å². The second-order valence-corrected chi connectivity index (χ2v) is 7.89. The van der Waals surface area contributed by atoms with Crippen molar-refractivity contribution in [3.8, 4) is 5.75 Å². The molecule has 156 valence electrons. The second kappa shape index (κ2) is 10.9. The molecule has 1 heterocycles. The summed E-state index contributed by atoms with van der Waals surface area (Å²) in [5.74, 6) is 1.70. The van der Waals surface area contributed by atoms with E-state index in [-0.39, 0.29) is 6.10 Å². The van der Waals surface area contributed by atoms with Crippen LogP contribution in [-0.4, -0.2) is 37.1 Å². The van der Waals surface area contributed by atoms with Crippen molar-refractivity contribution in [1.29, 1.82) is 0 Å². The number of nitrogens with zero attached hydrogens (tertiary/aromatic N) is 2. The molecule has 1 saturated heterocycles. The second-order valence-electron chi connectivity index (χ2n) is 7.89. The van der Waals surface area contributed by atoms with E-state index < -0.39 is 0 Å². The maximum Gasteiger partial charge on any atom is 0.191 e. The minimum absolute atomic E-state index is 0.191. The van der Waals surface area contributed by atoms with Crippen LogP contribution in [0, 0.1) is 0 Å². The van der Waals surface area contributed by atoms with Gasteiger partial charge in [0.2, 0.25) is 0 Å². The zero-order chi connectivity index (χ0) is 20.5. The molecule has 0 spiro atoms. The number of nitrogens with one attached hydrogen (secondary N) is 2. The van der Waals surface area contributed by atoms with Gasteiger partial charge in [-0.2, -0.15) is 0 Å². The molecule has 5 nitrogen and oxygen atoms in total. The van der Waals surface area contributed by atoms with E-state index in [9.17, 15) is 0 Å². The topological polar surface area (TPSA) is 48.9 Å². The number of aliphatic imine (C=N–C) groups is 1. The number of hydrogen-bond donors (Lipinski definition) is 2. The zero-order valence-corrected chi connectivity index (χ0v) is 17.9. The fourth-order valence-electron chi connectivity index (χ4n) is 3.51. The molecule has 0 saturated carbocycles. The molecular formula is C24H34N4O. The summed E-state index contributed by atoms with van der Waals surface area (Å²) in [5.41, 5.74) is 3.84. The Kier molecular flexibility index (Phi) is 7.94. The molecule has 2 aromatic carbocycles. The van der Waals surface area contributed by atoms with Gasteiger partial charge in [-0.1, -0.05) is 36.4 Å². The van der Waals surface area contributed by atoms with Gasteiger partial charge in [0, 0.05) is 26.7 Å². The quantitative estimate of drug-likeness (QED) is 0.526. The number of likely N-dealkylation sites (tertiary alicyclic amines) is 1. The Morgan fingerprint density at radius 1 is 0.897 bits per heavy atom. The Morgan fingerprint density at radius 2 is 1.41 bits per heavy atom. The standard InChI is InChI=1S/C24H34N4O/c1-19(2)29-23-12-10-21(11-13-23)17-27-24(25-3)26-16-20-6-8-22(9-7-20)18-28-14-4-5-15-28/h6-13,19H,4-5,14-18H2,1-3H3,(H2,25,26,27). The van der Waals surface area contributed by atoms with Crippen molar-refractivity contribution in [2.24, 2.45) is 4.99 Å². The predicted molar refractivity (Wildman–Crippen MR) is 120 cm³/mol. The molecular weight excluding hydrogens is 360 g/mol. The van der Waals surface area contributed by atoms with Crippen LogP contribution in [0.4, 0.5) is 0 Å². The normalized spacial score (nSPS) is 15.0. The minimum Gasteiger partial charge on any atom is -0.491 e. The molecule has 0 radical (unpaired) electrons. The fraction of sp³-hybridized carbons (Fsp3) is 0.458. The lowest BCUT2D eigenvalue weighted by Crippen LogP contribution is -2.36. The summed E-state index contributed by atoms with van der Waals surface area (Å²) in [7, 11) is 1.80. The third-order valence-corrected chi connectivity index (χ3v) is 5.07.